The lowest BCUT2D eigenvalue weighted by Gasteiger charge is -2.26. The highest BCUT2D eigenvalue weighted by Crippen LogP contribution is 2.60. The molecule has 1 aromatic carbocycles. The number of carboxylic acids is 1. The molecule has 0 radical (unpaired) electrons. The van der Waals surface area contributed by atoms with Crippen LogP contribution in [0.4, 0.5) is 0 Å². The van der Waals surface area contributed by atoms with Gasteiger partial charge in [0.2, 0.25) is 0 Å². The number of aromatic carboxylic acids is 1. The van der Waals surface area contributed by atoms with Crippen LogP contribution in [-0.2, 0) is 14.6 Å². The molecule has 1 saturated carbocycles. The monoisotopic (exact) mass is 381 g/mol. The summed E-state index contributed by atoms with van der Waals surface area (Å²) in [6.07, 6.45) is 0.719. The van der Waals surface area contributed by atoms with Crippen molar-refractivity contribution in [2.75, 3.05) is 38.6 Å². The van der Waals surface area contributed by atoms with E-state index in [4.69, 9.17) is 9.39 Å². The number of morpholine rings is 1. The molecule has 2 atom stereocenters. The Hall–Kier alpha value is -1.62. The van der Waals surface area contributed by atoms with Crippen LogP contribution in [0.5, 0.6) is 5.75 Å². The van der Waals surface area contributed by atoms with E-state index in [9.17, 15) is 23.3 Å². The van der Waals surface area contributed by atoms with Crippen molar-refractivity contribution >= 4 is 22.9 Å². The highest BCUT2D eigenvalue weighted by atomic mass is 32.2. The van der Waals surface area contributed by atoms with Gasteiger partial charge in [0, 0.05) is 25.5 Å². The fourth-order valence-electron chi connectivity index (χ4n) is 3.74. The van der Waals surface area contributed by atoms with E-state index < -0.39 is 22.9 Å². The van der Waals surface area contributed by atoms with Crippen molar-refractivity contribution in [1.29, 1.82) is 0 Å². The second-order valence-corrected chi connectivity index (χ2v) is 9.03. The Morgan fingerprint density at radius 1 is 1.31 bits per heavy atom. The van der Waals surface area contributed by atoms with E-state index in [0.29, 0.717) is 38.4 Å². The van der Waals surface area contributed by atoms with Gasteiger partial charge in [0.15, 0.2) is 9.84 Å². The van der Waals surface area contributed by atoms with Gasteiger partial charge in [-0.1, -0.05) is 6.07 Å². The first-order valence-electron chi connectivity index (χ1n) is 8.66. The molecule has 1 aliphatic carbocycles. The summed E-state index contributed by atoms with van der Waals surface area (Å²) in [5, 5.41) is 19.6. The Labute approximate surface area is 151 Å². The van der Waals surface area contributed by atoms with Crippen LogP contribution in [0.3, 0.4) is 0 Å². The first-order valence-corrected chi connectivity index (χ1v) is 10.3. The quantitative estimate of drug-likeness (QED) is 0.697. The summed E-state index contributed by atoms with van der Waals surface area (Å²) in [5.74, 6) is -1.54. The molecule has 140 valence electrons. The number of hydrogen-bond donors (Lipinski definition) is 2. The predicted molar refractivity (Wildman–Crippen MR) is 92.4 cm³/mol. The van der Waals surface area contributed by atoms with E-state index in [1.54, 1.807) is 6.07 Å². The Kier molecular flexibility index (Phi) is 4.46. The Bertz CT molecular complexity index is 837. The zero-order chi connectivity index (χ0) is 18.5. The lowest BCUT2D eigenvalue weighted by Crippen LogP contribution is -2.39. The van der Waals surface area contributed by atoms with Crippen LogP contribution in [0.25, 0.3) is 0 Å². The van der Waals surface area contributed by atoms with Gasteiger partial charge < -0.3 is 19.5 Å². The number of rotatable bonds is 5. The molecule has 0 spiro atoms. The normalized spacial score (nSPS) is 25.2. The zero-order valence-electron chi connectivity index (χ0n) is 14.1. The van der Waals surface area contributed by atoms with Gasteiger partial charge >= 0.3 is 13.1 Å². The topological polar surface area (TPSA) is 113 Å². The van der Waals surface area contributed by atoms with Crippen molar-refractivity contribution in [3.63, 3.8) is 0 Å². The number of ether oxygens (including phenoxy) is 1. The second-order valence-electron chi connectivity index (χ2n) is 6.95. The van der Waals surface area contributed by atoms with Crippen molar-refractivity contribution in [2.45, 2.75) is 23.1 Å². The van der Waals surface area contributed by atoms with Gasteiger partial charge in [0.1, 0.15) is 11.3 Å². The van der Waals surface area contributed by atoms with E-state index in [2.05, 4.69) is 0 Å². The molecular weight excluding hydrogens is 361 g/mol. The van der Waals surface area contributed by atoms with E-state index in [0.717, 1.165) is 6.42 Å². The lowest BCUT2D eigenvalue weighted by molar-refractivity contribution is 0.0408. The molecular formula is C16H20BNO7S. The number of carboxylic acid groups (broad SMARTS) is 1. The SMILES string of the molecule is O=C(O)c1c(S(=O)(=O)CCN2CCOCC2)ccc2c1OB(O)C1CC21. The maximum atomic E-state index is 12.8. The van der Waals surface area contributed by atoms with E-state index in [1.165, 1.54) is 6.07 Å². The largest absolute Gasteiger partial charge is 0.535 e. The minimum Gasteiger partial charge on any atom is -0.535 e. The Morgan fingerprint density at radius 3 is 2.73 bits per heavy atom. The average molecular weight is 381 g/mol. The summed E-state index contributed by atoms with van der Waals surface area (Å²) < 4.78 is 36.3. The third kappa shape index (κ3) is 3.11. The van der Waals surface area contributed by atoms with E-state index >= 15 is 0 Å². The minimum absolute atomic E-state index is 0.00352. The Balaban J connectivity index is 1.65. The average Bonchev–Trinajstić information content (AvgIpc) is 3.41. The van der Waals surface area contributed by atoms with Gasteiger partial charge in [-0.15, -0.1) is 0 Å². The van der Waals surface area contributed by atoms with Gasteiger partial charge in [-0.2, -0.15) is 0 Å². The molecule has 0 amide bonds. The third-order valence-electron chi connectivity index (χ3n) is 5.32. The molecule has 8 nitrogen and oxygen atoms in total. The first kappa shape index (κ1) is 17.8. The third-order valence-corrected chi connectivity index (χ3v) is 7.05. The molecule has 2 aliphatic heterocycles. The molecule has 2 unspecified atom stereocenters. The summed E-state index contributed by atoms with van der Waals surface area (Å²) in [6, 6.07) is 2.99. The molecule has 0 aromatic heterocycles. The van der Waals surface area contributed by atoms with Gasteiger partial charge in [0.25, 0.3) is 0 Å². The number of benzene rings is 1. The molecule has 2 heterocycles. The van der Waals surface area contributed by atoms with Crippen LogP contribution >= 0.6 is 0 Å². The number of sulfone groups is 1. The molecule has 2 fully saturated rings. The lowest BCUT2D eigenvalue weighted by atomic mass is 9.77. The van der Waals surface area contributed by atoms with Gasteiger partial charge in [0.05, 0.1) is 23.9 Å². The van der Waals surface area contributed by atoms with Crippen molar-refractivity contribution in [2.24, 2.45) is 0 Å². The zero-order valence-corrected chi connectivity index (χ0v) is 14.9. The molecule has 1 saturated heterocycles. The van der Waals surface area contributed by atoms with Gasteiger partial charge in [-0.3, -0.25) is 4.90 Å². The summed E-state index contributed by atoms with van der Waals surface area (Å²) in [7, 11) is -4.90. The summed E-state index contributed by atoms with van der Waals surface area (Å²) in [6.45, 7) is 2.75. The molecule has 4 rings (SSSR count). The van der Waals surface area contributed by atoms with E-state index in [-0.39, 0.29) is 33.7 Å². The standard InChI is InChI=1S/C16H20BNO7S/c19-16(20)14-13(26(22,23)8-5-18-3-6-24-7-4-18)2-1-10-11-9-12(11)17(21)25-15(10)14/h1-2,11-12,21H,3-9H2,(H,19,20). The van der Waals surface area contributed by atoms with Crippen molar-refractivity contribution in [3.05, 3.63) is 23.3 Å². The summed E-state index contributed by atoms with van der Waals surface area (Å²) in [5.41, 5.74) is 0.304. The maximum absolute atomic E-state index is 12.8. The highest BCUT2D eigenvalue weighted by Gasteiger charge is 2.54. The maximum Gasteiger partial charge on any atom is 0.526 e. The molecule has 0 bridgehead atoms. The van der Waals surface area contributed by atoms with Crippen LogP contribution in [-0.4, -0.2) is 75.1 Å². The minimum atomic E-state index is -3.82. The smallest absolute Gasteiger partial charge is 0.526 e. The van der Waals surface area contributed by atoms with Gasteiger partial charge in [-0.25, -0.2) is 13.2 Å². The van der Waals surface area contributed by atoms with Crippen molar-refractivity contribution in [1.82, 2.24) is 4.90 Å². The predicted octanol–water partition coefficient (Wildman–Crippen LogP) is 0.221. The molecule has 1 aromatic rings. The second kappa shape index (κ2) is 6.52. The number of hydrogen-bond acceptors (Lipinski definition) is 7. The number of fused-ring (bicyclic) bond motifs is 3. The van der Waals surface area contributed by atoms with Gasteiger partial charge in [-0.05, 0) is 24.0 Å². The Morgan fingerprint density at radius 2 is 2.04 bits per heavy atom. The summed E-state index contributed by atoms with van der Waals surface area (Å²) in [4.78, 5) is 13.6. The van der Waals surface area contributed by atoms with Crippen LogP contribution in [0.15, 0.2) is 17.0 Å². The molecule has 2 N–H and O–H groups in total. The molecule has 26 heavy (non-hydrogen) atoms. The van der Waals surface area contributed by atoms with Crippen LogP contribution in [0.2, 0.25) is 5.82 Å². The van der Waals surface area contributed by atoms with Crippen LogP contribution in [0, 0.1) is 0 Å². The highest BCUT2D eigenvalue weighted by molar-refractivity contribution is 7.91. The molecule has 10 heteroatoms. The van der Waals surface area contributed by atoms with Crippen LogP contribution < -0.4 is 4.65 Å². The fraction of sp³-hybridized carbons (Fsp3) is 0.562. The summed E-state index contributed by atoms with van der Waals surface area (Å²) >= 11 is 0. The van der Waals surface area contributed by atoms with Crippen molar-refractivity contribution in [3.8, 4) is 5.75 Å². The van der Waals surface area contributed by atoms with Crippen LogP contribution in [0.1, 0.15) is 28.3 Å². The fourth-order valence-corrected chi connectivity index (χ4v) is 5.23. The number of nitrogens with zero attached hydrogens (tertiary/aromatic N) is 1. The number of carbonyl (C=O) groups is 1. The first-order chi connectivity index (χ1) is 12.4. The van der Waals surface area contributed by atoms with Crippen molar-refractivity contribution < 1.29 is 32.7 Å². The van der Waals surface area contributed by atoms with E-state index in [1.807, 2.05) is 4.90 Å². The molecule has 3 aliphatic rings.